The van der Waals surface area contributed by atoms with E-state index >= 15 is 0 Å². The number of halogens is 1. The van der Waals surface area contributed by atoms with Crippen molar-refractivity contribution in [2.45, 2.75) is 25.2 Å². The normalized spacial score (nSPS) is 9.79. The van der Waals surface area contributed by atoms with Gasteiger partial charge in [-0.25, -0.2) is 9.37 Å². The molecule has 0 unspecified atom stereocenters. The summed E-state index contributed by atoms with van der Waals surface area (Å²) in [7, 11) is 1.86. The molecule has 3 aromatic rings. The van der Waals surface area contributed by atoms with E-state index < -0.39 is 5.82 Å². The minimum atomic E-state index is -0.557. The first-order valence-electron chi connectivity index (χ1n) is 10.1. The Morgan fingerprint density at radius 1 is 1.18 bits per heavy atom. The molecule has 1 aromatic heterocycles. The number of nitrogens with zero attached hydrogens (tertiary/aromatic N) is 2. The van der Waals surface area contributed by atoms with Gasteiger partial charge < -0.3 is 20.2 Å². The fourth-order valence-corrected chi connectivity index (χ4v) is 3.07. The molecule has 1 heterocycles. The van der Waals surface area contributed by atoms with Crippen molar-refractivity contribution in [2.75, 3.05) is 24.3 Å². The van der Waals surface area contributed by atoms with Crippen LogP contribution >= 0.6 is 11.9 Å². The highest BCUT2D eigenvalue weighted by Crippen LogP contribution is 2.26. The zero-order chi connectivity index (χ0) is 24.1. The zero-order valence-electron chi connectivity index (χ0n) is 18.7. The smallest absolute Gasteiger partial charge is 0.229 e. The van der Waals surface area contributed by atoms with E-state index in [1.165, 1.54) is 11.9 Å². The van der Waals surface area contributed by atoms with Crippen molar-refractivity contribution in [3.63, 3.8) is 0 Å². The third-order valence-electron chi connectivity index (χ3n) is 4.01. The van der Waals surface area contributed by atoms with Gasteiger partial charge in [0.1, 0.15) is 18.6 Å². The summed E-state index contributed by atoms with van der Waals surface area (Å²) in [6.45, 7) is 4.03. The maximum Gasteiger partial charge on any atom is 0.229 e. The predicted molar refractivity (Wildman–Crippen MR) is 132 cm³/mol. The highest BCUT2D eigenvalue weighted by atomic mass is 32.2. The summed E-state index contributed by atoms with van der Waals surface area (Å²) in [5.74, 6) is 2.83. The molecule has 7 nitrogen and oxygen atoms in total. The fourth-order valence-electron chi connectivity index (χ4n) is 2.44. The second kappa shape index (κ2) is 13.7. The van der Waals surface area contributed by atoms with Crippen LogP contribution in [0.2, 0.25) is 0 Å². The van der Waals surface area contributed by atoms with Crippen molar-refractivity contribution in [1.29, 1.82) is 0 Å². The Balaban J connectivity index is 0.000000890. The first-order chi connectivity index (χ1) is 16.0. The van der Waals surface area contributed by atoms with Gasteiger partial charge in [0.25, 0.3) is 0 Å². The number of benzene rings is 2. The van der Waals surface area contributed by atoms with Gasteiger partial charge in [-0.1, -0.05) is 18.9 Å². The van der Waals surface area contributed by atoms with Crippen LogP contribution in [0.5, 0.6) is 5.75 Å². The Kier molecular flexibility index (Phi) is 10.7. The van der Waals surface area contributed by atoms with Crippen molar-refractivity contribution in [2.24, 2.45) is 0 Å². The van der Waals surface area contributed by atoms with E-state index in [1.807, 2.05) is 39.1 Å². The number of nitrogens with one attached hydrogen (secondary N) is 3. The van der Waals surface area contributed by atoms with Crippen LogP contribution in [-0.2, 0) is 4.79 Å². The molecule has 0 spiro atoms. The van der Waals surface area contributed by atoms with Gasteiger partial charge in [-0.2, -0.15) is 4.98 Å². The first kappa shape index (κ1) is 25.6. The van der Waals surface area contributed by atoms with Crippen molar-refractivity contribution in [3.05, 3.63) is 60.0 Å². The molecular weight excluding hydrogens is 441 g/mol. The summed E-state index contributed by atoms with van der Waals surface area (Å²) in [6.07, 6.45) is 7.81. The lowest BCUT2D eigenvalue weighted by molar-refractivity contribution is -0.107. The van der Waals surface area contributed by atoms with Crippen LogP contribution in [-0.4, -0.2) is 29.9 Å². The average Bonchev–Trinajstić information content (AvgIpc) is 2.83. The molecule has 0 aliphatic carbocycles. The van der Waals surface area contributed by atoms with E-state index in [0.717, 1.165) is 28.6 Å². The van der Waals surface area contributed by atoms with Crippen LogP contribution in [0.15, 0.2) is 53.6 Å². The molecule has 33 heavy (non-hydrogen) atoms. The Hall–Kier alpha value is -3.61. The van der Waals surface area contributed by atoms with Gasteiger partial charge in [0.05, 0.1) is 6.20 Å². The summed E-state index contributed by atoms with van der Waals surface area (Å²) >= 11 is 1.52. The van der Waals surface area contributed by atoms with Gasteiger partial charge in [0.15, 0.2) is 11.6 Å². The summed E-state index contributed by atoms with van der Waals surface area (Å²) in [5, 5.41) is 6.05. The number of rotatable bonds is 9. The topological polar surface area (TPSA) is 88.2 Å². The van der Waals surface area contributed by atoms with Gasteiger partial charge in [-0.05, 0) is 67.9 Å². The predicted octanol–water partition coefficient (Wildman–Crippen LogP) is 5.25. The highest BCUT2D eigenvalue weighted by Gasteiger charge is 2.09. The number of aldehydes is 1. The maximum absolute atomic E-state index is 14.2. The Labute approximate surface area is 197 Å². The molecule has 0 aliphatic heterocycles. The summed E-state index contributed by atoms with van der Waals surface area (Å²) in [5.41, 5.74) is 2.61. The molecule has 3 rings (SSSR count). The number of anilines is 4. The Bertz CT molecular complexity index is 1090. The molecular formula is C24H26FN5O2S. The van der Waals surface area contributed by atoms with Crippen molar-refractivity contribution < 1.29 is 13.9 Å². The zero-order valence-corrected chi connectivity index (χ0v) is 19.5. The standard InChI is InChI=1S/C21H20FN5OS.C3H6O/c1-4-11-28-17-9-7-15(8-10-17)25-20-18(22)13-24-21(27-20)26-16-6-5-14(2)19(12-16)29-23-3;1-2-3-4/h1,5-10,12-13,23H,11H2,2-3H3,(H2,24,25,26,27);3H,2H2,1H3. The lowest BCUT2D eigenvalue weighted by Gasteiger charge is -2.11. The molecule has 172 valence electrons. The van der Waals surface area contributed by atoms with Crippen LogP contribution in [0, 0.1) is 25.1 Å². The van der Waals surface area contributed by atoms with Gasteiger partial charge in [-0.15, -0.1) is 6.42 Å². The number of hydrogen-bond donors (Lipinski definition) is 3. The van der Waals surface area contributed by atoms with E-state index in [0.29, 0.717) is 17.9 Å². The molecule has 0 radical (unpaired) electrons. The molecule has 0 saturated carbocycles. The van der Waals surface area contributed by atoms with Crippen molar-refractivity contribution in [3.8, 4) is 18.1 Å². The van der Waals surface area contributed by atoms with Gasteiger partial charge in [-0.3, -0.25) is 4.72 Å². The third kappa shape index (κ3) is 8.44. The Morgan fingerprint density at radius 3 is 2.52 bits per heavy atom. The van der Waals surface area contributed by atoms with Crippen LogP contribution < -0.4 is 20.1 Å². The number of terminal acetylenes is 1. The third-order valence-corrected chi connectivity index (χ3v) is 4.87. The first-order valence-corrected chi connectivity index (χ1v) is 10.9. The second-order valence-electron chi connectivity index (χ2n) is 6.52. The van der Waals surface area contributed by atoms with Crippen LogP contribution in [0.3, 0.4) is 0 Å². The summed E-state index contributed by atoms with van der Waals surface area (Å²) in [4.78, 5) is 18.5. The lowest BCUT2D eigenvalue weighted by Crippen LogP contribution is -2.04. The maximum atomic E-state index is 14.2. The SMILES string of the molecule is C#CCOc1ccc(Nc2nc(Nc3ccc(C)c(SNC)c3)ncc2F)cc1.CCC=O. The monoisotopic (exact) mass is 467 g/mol. The average molecular weight is 468 g/mol. The minimum absolute atomic E-state index is 0.0664. The number of carbonyl (C=O) groups is 1. The molecule has 0 fully saturated rings. The number of hydrogen-bond acceptors (Lipinski definition) is 8. The molecule has 9 heteroatoms. The van der Waals surface area contributed by atoms with Crippen LogP contribution in [0.4, 0.5) is 27.5 Å². The highest BCUT2D eigenvalue weighted by molar-refractivity contribution is 7.97. The molecule has 0 atom stereocenters. The largest absolute Gasteiger partial charge is 0.481 e. The molecule has 0 bridgehead atoms. The van der Waals surface area contributed by atoms with E-state index in [2.05, 4.69) is 31.2 Å². The van der Waals surface area contributed by atoms with E-state index in [1.54, 1.807) is 24.3 Å². The minimum Gasteiger partial charge on any atom is -0.481 e. The number of aryl methyl sites for hydroxylation is 1. The van der Waals surface area contributed by atoms with E-state index in [4.69, 9.17) is 11.2 Å². The molecule has 3 N–H and O–H groups in total. The Morgan fingerprint density at radius 2 is 1.88 bits per heavy atom. The fraction of sp³-hybridized carbons (Fsp3) is 0.208. The van der Waals surface area contributed by atoms with E-state index in [9.17, 15) is 9.18 Å². The number of carbonyl (C=O) groups excluding carboxylic acids is 1. The second-order valence-corrected chi connectivity index (χ2v) is 7.57. The number of aromatic nitrogens is 2. The molecule has 0 saturated heterocycles. The van der Waals surface area contributed by atoms with Crippen LogP contribution in [0.25, 0.3) is 0 Å². The van der Waals surface area contributed by atoms with Gasteiger partial charge in [0, 0.05) is 22.7 Å². The van der Waals surface area contributed by atoms with Crippen molar-refractivity contribution in [1.82, 2.24) is 14.7 Å². The quantitative estimate of drug-likeness (QED) is 0.224. The van der Waals surface area contributed by atoms with Crippen LogP contribution in [0.1, 0.15) is 18.9 Å². The number of ether oxygens (including phenoxy) is 1. The summed E-state index contributed by atoms with van der Waals surface area (Å²) in [6, 6.07) is 12.9. The van der Waals surface area contributed by atoms with E-state index in [-0.39, 0.29) is 18.4 Å². The molecule has 2 aromatic carbocycles. The lowest BCUT2D eigenvalue weighted by atomic mass is 10.2. The molecule has 0 aliphatic rings. The molecule has 0 amide bonds. The van der Waals surface area contributed by atoms with Gasteiger partial charge in [0.2, 0.25) is 5.95 Å². The van der Waals surface area contributed by atoms with Gasteiger partial charge >= 0.3 is 0 Å². The van der Waals surface area contributed by atoms with Crippen molar-refractivity contribution >= 4 is 41.4 Å². The summed E-state index contributed by atoms with van der Waals surface area (Å²) < 4.78 is 22.6.